The number of rotatable bonds is 7. The number of nitrogens with one attached hydrogen (secondary N) is 1. The summed E-state index contributed by atoms with van der Waals surface area (Å²) >= 11 is 0. The van der Waals surface area contributed by atoms with Crippen LogP contribution in [-0.4, -0.2) is 11.5 Å². The highest BCUT2D eigenvalue weighted by molar-refractivity contribution is 5.33. The Morgan fingerprint density at radius 2 is 2.00 bits per heavy atom. The molecule has 0 saturated heterocycles. The third-order valence-electron chi connectivity index (χ3n) is 3.45. The molecule has 2 aromatic rings. The highest BCUT2D eigenvalue weighted by Gasteiger charge is 2.06. The maximum absolute atomic E-state index is 5.85. The molecule has 3 nitrogen and oxygen atoms in total. The van der Waals surface area contributed by atoms with Gasteiger partial charge in [-0.05, 0) is 56.1 Å². The zero-order valence-electron chi connectivity index (χ0n) is 13.1. The monoisotopic (exact) mass is 284 g/mol. The van der Waals surface area contributed by atoms with Gasteiger partial charge in [-0.15, -0.1) is 0 Å². The average molecular weight is 284 g/mol. The molecule has 1 heterocycles. The molecule has 1 aromatic carbocycles. The van der Waals surface area contributed by atoms with Crippen molar-refractivity contribution in [1.29, 1.82) is 0 Å². The Kier molecular flexibility index (Phi) is 5.76. The molecule has 2 rings (SSSR count). The highest BCUT2D eigenvalue weighted by atomic mass is 16.5. The SMILES string of the molecule is CCCNC(C)c1ccc(Oc2cccc(CC)c2)cn1. The maximum Gasteiger partial charge on any atom is 0.145 e. The summed E-state index contributed by atoms with van der Waals surface area (Å²) in [6.45, 7) is 7.43. The number of aryl methyl sites for hydroxylation is 1. The fraction of sp³-hybridized carbons (Fsp3) is 0.389. The van der Waals surface area contributed by atoms with Crippen LogP contribution in [0.3, 0.4) is 0 Å². The third-order valence-corrected chi connectivity index (χ3v) is 3.45. The van der Waals surface area contributed by atoms with E-state index in [1.54, 1.807) is 6.20 Å². The van der Waals surface area contributed by atoms with Crippen LogP contribution in [0.4, 0.5) is 0 Å². The normalized spacial score (nSPS) is 12.1. The van der Waals surface area contributed by atoms with Crippen molar-refractivity contribution in [3.05, 3.63) is 53.9 Å². The van der Waals surface area contributed by atoms with Crippen LogP contribution in [0.15, 0.2) is 42.6 Å². The second kappa shape index (κ2) is 7.79. The lowest BCUT2D eigenvalue weighted by molar-refractivity contribution is 0.477. The molecule has 1 atom stereocenters. The van der Waals surface area contributed by atoms with Crippen molar-refractivity contribution < 1.29 is 4.74 Å². The number of benzene rings is 1. The molecule has 0 spiro atoms. The van der Waals surface area contributed by atoms with E-state index >= 15 is 0 Å². The lowest BCUT2D eigenvalue weighted by Gasteiger charge is -2.13. The van der Waals surface area contributed by atoms with Crippen molar-refractivity contribution in [3.63, 3.8) is 0 Å². The summed E-state index contributed by atoms with van der Waals surface area (Å²) in [5, 5.41) is 3.43. The van der Waals surface area contributed by atoms with Crippen LogP contribution in [0.5, 0.6) is 11.5 Å². The predicted molar refractivity (Wildman–Crippen MR) is 86.8 cm³/mol. The van der Waals surface area contributed by atoms with Crippen LogP contribution in [-0.2, 0) is 6.42 Å². The van der Waals surface area contributed by atoms with Crippen molar-refractivity contribution in [2.75, 3.05) is 6.54 Å². The van der Waals surface area contributed by atoms with Crippen molar-refractivity contribution in [2.24, 2.45) is 0 Å². The molecule has 1 aromatic heterocycles. The molecule has 3 heteroatoms. The van der Waals surface area contributed by atoms with Gasteiger partial charge in [0, 0.05) is 6.04 Å². The summed E-state index contributed by atoms with van der Waals surface area (Å²) in [4.78, 5) is 4.48. The number of hydrogen-bond donors (Lipinski definition) is 1. The Morgan fingerprint density at radius 1 is 1.14 bits per heavy atom. The smallest absolute Gasteiger partial charge is 0.145 e. The molecule has 0 amide bonds. The lowest BCUT2D eigenvalue weighted by Crippen LogP contribution is -2.20. The minimum Gasteiger partial charge on any atom is -0.456 e. The fourth-order valence-corrected chi connectivity index (χ4v) is 2.14. The molecule has 0 aliphatic heterocycles. The van der Waals surface area contributed by atoms with E-state index in [-0.39, 0.29) is 6.04 Å². The number of nitrogens with zero attached hydrogens (tertiary/aromatic N) is 1. The lowest BCUT2D eigenvalue weighted by atomic mass is 10.2. The van der Waals surface area contributed by atoms with Gasteiger partial charge < -0.3 is 10.1 Å². The van der Waals surface area contributed by atoms with Crippen molar-refractivity contribution in [2.45, 2.75) is 39.7 Å². The quantitative estimate of drug-likeness (QED) is 0.813. The van der Waals surface area contributed by atoms with E-state index in [0.29, 0.717) is 0 Å². The Hall–Kier alpha value is -1.87. The van der Waals surface area contributed by atoms with Gasteiger partial charge in [0.05, 0.1) is 11.9 Å². The van der Waals surface area contributed by atoms with E-state index in [2.05, 4.69) is 43.2 Å². The first-order valence-corrected chi connectivity index (χ1v) is 7.69. The number of aromatic nitrogens is 1. The molecule has 0 bridgehead atoms. The fourth-order valence-electron chi connectivity index (χ4n) is 2.14. The van der Waals surface area contributed by atoms with Gasteiger partial charge in [0.25, 0.3) is 0 Å². The first-order chi connectivity index (χ1) is 10.2. The number of ether oxygens (including phenoxy) is 1. The second-order valence-corrected chi connectivity index (χ2v) is 5.20. The van der Waals surface area contributed by atoms with Crippen molar-refractivity contribution >= 4 is 0 Å². The average Bonchev–Trinajstić information content (AvgIpc) is 2.53. The molecule has 0 fully saturated rings. The molecular weight excluding hydrogens is 260 g/mol. The van der Waals surface area contributed by atoms with Gasteiger partial charge in [-0.1, -0.05) is 26.0 Å². The Bertz CT molecular complexity index is 551. The first-order valence-electron chi connectivity index (χ1n) is 7.69. The number of pyridine rings is 1. The summed E-state index contributed by atoms with van der Waals surface area (Å²) in [5.41, 5.74) is 2.31. The van der Waals surface area contributed by atoms with E-state index in [1.807, 2.05) is 24.3 Å². The zero-order valence-corrected chi connectivity index (χ0v) is 13.1. The van der Waals surface area contributed by atoms with E-state index in [4.69, 9.17) is 4.74 Å². The largest absolute Gasteiger partial charge is 0.456 e. The van der Waals surface area contributed by atoms with Gasteiger partial charge in [0.1, 0.15) is 11.5 Å². The van der Waals surface area contributed by atoms with Crippen molar-refractivity contribution in [3.8, 4) is 11.5 Å². The van der Waals surface area contributed by atoms with E-state index in [0.717, 1.165) is 36.6 Å². The van der Waals surface area contributed by atoms with Crippen LogP contribution >= 0.6 is 0 Å². The number of hydrogen-bond acceptors (Lipinski definition) is 3. The molecular formula is C18H24N2O. The maximum atomic E-state index is 5.85. The third kappa shape index (κ3) is 4.57. The van der Waals surface area contributed by atoms with Crippen LogP contribution in [0.25, 0.3) is 0 Å². The van der Waals surface area contributed by atoms with Crippen LogP contribution in [0.2, 0.25) is 0 Å². The minimum absolute atomic E-state index is 0.266. The molecule has 0 aliphatic rings. The van der Waals surface area contributed by atoms with Gasteiger partial charge in [0.2, 0.25) is 0 Å². The predicted octanol–water partition coefficient (Wildman–Crippen LogP) is 4.50. The molecule has 112 valence electrons. The van der Waals surface area contributed by atoms with Gasteiger partial charge >= 0.3 is 0 Å². The second-order valence-electron chi connectivity index (χ2n) is 5.20. The molecule has 1 unspecified atom stereocenters. The first kappa shape index (κ1) is 15.5. The van der Waals surface area contributed by atoms with Gasteiger partial charge in [-0.2, -0.15) is 0 Å². The van der Waals surface area contributed by atoms with Crippen LogP contribution in [0, 0.1) is 0 Å². The summed E-state index contributed by atoms with van der Waals surface area (Å²) in [5.74, 6) is 1.63. The molecule has 0 saturated carbocycles. The summed E-state index contributed by atoms with van der Waals surface area (Å²) < 4.78 is 5.85. The standard InChI is InChI=1S/C18H24N2O/c1-4-11-19-14(3)18-10-9-17(13-20-18)21-16-8-6-7-15(5-2)12-16/h6-10,12-14,19H,4-5,11H2,1-3H3. The molecule has 21 heavy (non-hydrogen) atoms. The summed E-state index contributed by atoms with van der Waals surface area (Å²) in [7, 11) is 0. The van der Waals surface area contributed by atoms with E-state index in [9.17, 15) is 0 Å². The van der Waals surface area contributed by atoms with Gasteiger partial charge in [0.15, 0.2) is 0 Å². The van der Waals surface area contributed by atoms with Crippen molar-refractivity contribution in [1.82, 2.24) is 10.3 Å². The van der Waals surface area contributed by atoms with Crippen LogP contribution in [0.1, 0.15) is 44.5 Å². The minimum atomic E-state index is 0.266. The summed E-state index contributed by atoms with van der Waals surface area (Å²) in [6.07, 6.45) is 3.92. The summed E-state index contributed by atoms with van der Waals surface area (Å²) in [6, 6.07) is 12.4. The molecule has 1 N–H and O–H groups in total. The molecule has 0 aliphatic carbocycles. The van der Waals surface area contributed by atoms with Gasteiger partial charge in [-0.25, -0.2) is 0 Å². The van der Waals surface area contributed by atoms with Crippen LogP contribution < -0.4 is 10.1 Å². The van der Waals surface area contributed by atoms with Gasteiger partial charge in [-0.3, -0.25) is 4.98 Å². The van der Waals surface area contributed by atoms with E-state index in [1.165, 1.54) is 5.56 Å². The Balaban J connectivity index is 2.01. The molecule has 0 radical (unpaired) electrons. The Morgan fingerprint density at radius 3 is 2.67 bits per heavy atom. The highest BCUT2D eigenvalue weighted by Crippen LogP contribution is 2.22. The van der Waals surface area contributed by atoms with E-state index < -0.39 is 0 Å². The zero-order chi connectivity index (χ0) is 15.1. The Labute approximate surface area is 127 Å². The topological polar surface area (TPSA) is 34.1 Å².